The Bertz CT molecular complexity index is 768. The van der Waals surface area contributed by atoms with Gasteiger partial charge in [-0.15, -0.1) is 0 Å². The third-order valence-electron chi connectivity index (χ3n) is 2.75. The summed E-state index contributed by atoms with van der Waals surface area (Å²) < 4.78 is 24.5. The van der Waals surface area contributed by atoms with E-state index >= 15 is 0 Å². The number of fused-ring (bicyclic) bond motifs is 1. The monoisotopic (exact) mass is 255 g/mol. The summed E-state index contributed by atoms with van der Waals surface area (Å²) in [4.78, 5) is 16.2. The number of H-pyrrole nitrogens is 1. The quantitative estimate of drug-likeness (QED) is 0.797. The van der Waals surface area contributed by atoms with Gasteiger partial charge in [0.15, 0.2) is 15.5 Å². The third kappa shape index (κ3) is 1.66. The first-order chi connectivity index (χ1) is 7.73. The van der Waals surface area contributed by atoms with Gasteiger partial charge in [0.25, 0.3) is 5.56 Å². The minimum Gasteiger partial charge on any atom is -0.293 e. The Hall–Kier alpha value is -1.63. The highest BCUT2D eigenvalue weighted by Crippen LogP contribution is 2.18. The van der Waals surface area contributed by atoms with E-state index in [4.69, 9.17) is 0 Å². The first-order valence-corrected chi connectivity index (χ1v) is 6.91. The van der Waals surface area contributed by atoms with Gasteiger partial charge in [-0.3, -0.25) is 9.89 Å². The molecule has 7 heteroatoms. The lowest BCUT2D eigenvalue weighted by Gasteiger charge is -2.00. The molecule has 0 aromatic carbocycles. The third-order valence-corrected chi connectivity index (χ3v) is 3.98. The van der Waals surface area contributed by atoms with Crippen LogP contribution in [-0.2, 0) is 9.84 Å². The van der Waals surface area contributed by atoms with E-state index in [1.165, 1.54) is 4.52 Å². The van der Waals surface area contributed by atoms with Gasteiger partial charge >= 0.3 is 0 Å². The van der Waals surface area contributed by atoms with Gasteiger partial charge in [0, 0.05) is 17.5 Å². The van der Waals surface area contributed by atoms with Crippen molar-refractivity contribution in [3.8, 4) is 0 Å². The molecule has 0 saturated carbocycles. The van der Waals surface area contributed by atoms with Crippen LogP contribution in [0.4, 0.5) is 0 Å². The molecule has 17 heavy (non-hydrogen) atoms. The number of hydrogen-bond donors (Lipinski definition) is 1. The molecule has 0 saturated heterocycles. The zero-order valence-corrected chi connectivity index (χ0v) is 10.8. The van der Waals surface area contributed by atoms with E-state index in [1.807, 2.05) is 0 Å². The standard InChI is InChI=1S/C10H13N3O3S/c1-5-6(2)11-9-8(17(4,15)16)7(3)12-13(9)10(5)14/h12H,1-4H3. The van der Waals surface area contributed by atoms with Crippen LogP contribution >= 0.6 is 0 Å². The average molecular weight is 255 g/mol. The largest absolute Gasteiger partial charge is 0.293 e. The Kier molecular flexibility index (Phi) is 2.39. The predicted octanol–water partition coefficient (Wildman–Crippen LogP) is 0.351. The summed E-state index contributed by atoms with van der Waals surface area (Å²) in [5.41, 5.74) is 1.36. The van der Waals surface area contributed by atoms with E-state index in [2.05, 4.69) is 10.1 Å². The molecule has 0 atom stereocenters. The van der Waals surface area contributed by atoms with Crippen LogP contribution in [-0.4, -0.2) is 29.3 Å². The first kappa shape index (κ1) is 11.8. The van der Waals surface area contributed by atoms with E-state index in [0.29, 0.717) is 17.0 Å². The number of nitrogens with one attached hydrogen (secondary N) is 1. The Balaban J connectivity index is 3.10. The fourth-order valence-electron chi connectivity index (χ4n) is 1.80. The van der Waals surface area contributed by atoms with E-state index in [0.717, 1.165) is 6.26 Å². The van der Waals surface area contributed by atoms with Crippen molar-refractivity contribution in [1.82, 2.24) is 14.6 Å². The number of aromatic nitrogens is 3. The Morgan fingerprint density at radius 2 is 1.82 bits per heavy atom. The summed E-state index contributed by atoms with van der Waals surface area (Å²) in [6.45, 7) is 4.95. The maximum atomic E-state index is 11.9. The summed E-state index contributed by atoms with van der Waals surface area (Å²) in [6.07, 6.45) is 1.10. The second-order valence-corrected chi connectivity index (χ2v) is 6.08. The number of aryl methyl sites for hydroxylation is 2. The smallest absolute Gasteiger partial charge is 0.275 e. The van der Waals surface area contributed by atoms with Crippen LogP contribution in [0.3, 0.4) is 0 Å². The maximum Gasteiger partial charge on any atom is 0.275 e. The Labute approximate surface area is 98.2 Å². The highest BCUT2D eigenvalue weighted by atomic mass is 32.2. The van der Waals surface area contributed by atoms with Crippen molar-refractivity contribution in [2.45, 2.75) is 25.7 Å². The van der Waals surface area contributed by atoms with E-state index < -0.39 is 9.84 Å². The van der Waals surface area contributed by atoms with Gasteiger partial charge in [-0.2, -0.15) is 4.52 Å². The number of hydrogen-bond acceptors (Lipinski definition) is 4. The topological polar surface area (TPSA) is 84.3 Å². The lowest BCUT2D eigenvalue weighted by Crippen LogP contribution is -2.19. The molecule has 2 aromatic rings. The van der Waals surface area contributed by atoms with Gasteiger partial charge in [0.2, 0.25) is 0 Å². The van der Waals surface area contributed by atoms with Gasteiger partial charge in [-0.05, 0) is 20.8 Å². The van der Waals surface area contributed by atoms with Crippen LogP contribution < -0.4 is 5.56 Å². The molecule has 0 spiro atoms. The molecule has 2 heterocycles. The number of rotatable bonds is 1. The van der Waals surface area contributed by atoms with E-state index in [-0.39, 0.29) is 16.1 Å². The van der Waals surface area contributed by atoms with Crippen LogP contribution in [0.5, 0.6) is 0 Å². The summed E-state index contributed by atoms with van der Waals surface area (Å²) in [7, 11) is -3.42. The lowest BCUT2D eigenvalue weighted by molar-refractivity contribution is 0.602. The molecule has 2 aromatic heterocycles. The van der Waals surface area contributed by atoms with Crippen molar-refractivity contribution in [1.29, 1.82) is 0 Å². The minimum absolute atomic E-state index is 0.0812. The van der Waals surface area contributed by atoms with Crippen molar-refractivity contribution in [3.05, 3.63) is 27.3 Å². The molecule has 0 aliphatic heterocycles. The van der Waals surface area contributed by atoms with Crippen molar-refractivity contribution in [2.75, 3.05) is 6.26 Å². The number of nitrogens with zero attached hydrogens (tertiary/aromatic N) is 2. The van der Waals surface area contributed by atoms with E-state index in [1.54, 1.807) is 20.8 Å². The van der Waals surface area contributed by atoms with Crippen LogP contribution in [0.2, 0.25) is 0 Å². The van der Waals surface area contributed by atoms with Gasteiger partial charge in [0.1, 0.15) is 4.90 Å². The molecule has 92 valence electrons. The van der Waals surface area contributed by atoms with Crippen molar-refractivity contribution < 1.29 is 8.42 Å². The van der Waals surface area contributed by atoms with Crippen molar-refractivity contribution >= 4 is 15.5 Å². The van der Waals surface area contributed by atoms with Crippen LogP contribution in [0, 0.1) is 20.8 Å². The van der Waals surface area contributed by atoms with E-state index in [9.17, 15) is 13.2 Å². The van der Waals surface area contributed by atoms with Gasteiger partial charge in [-0.1, -0.05) is 0 Å². The van der Waals surface area contributed by atoms with Crippen LogP contribution in [0.25, 0.3) is 5.65 Å². The molecule has 0 bridgehead atoms. The molecule has 2 rings (SSSR count). The minimum atomic E-state index is -3.42. The zero-order valence-electron chi connectivity index (χ0n) is 10.0. The van der Waals surface area contributed by atoms with Gasteiger partial charge < -0.3 is 0 Å². The number of sulfone groups is 1. The molecule has 0 aliphatic carbocycles. The second-order valence-electron chi connectivity index (χ2n) is 4.12. The van der Waals surface area contributed by atoms with Crippen LogP contribution in [0.15, 0.2) is 9.69 Å². The Morgan fingerprint density at radius 1 is 1.24 bits per heavy atom. The molecule has 0 aliphatic rings. The molecule has 6 nitrogen and oxygen atoms in total. The first-order valence-electron chi connectivity index (χ1n) is 5.02. The summed E-state index contributed by atoms with van der Waals surface area (Å²) in [5.74, 6) is 0. The maximum absolute atomic E-state index is 11.9. The molecule has 0 fully saturated rings. The lowest BCUT2D eigenvalue weighted by atomic mass is 10.3. The summed E-state index contributed by atoms with van der Waals surface area (Å²) >= 11 is 0. The number of aromatic amines is 1. The Morgan fingerprint density at radius 3 is 2.35 bits per heavy atom. The average Bonchev–Trinajstić information content (AvgIpc) is 2.51. The fraction of sp³-hybridized carbons (Fsp3) is 0.400. The van der Waals surface area contributed by atoms with Gasteiger partial charge in [-0.25, -0.2) is 13.4 Å². The fourth-order valence-corrected chi connectivity index (χ4v) is 2.87. The molecule has 0 radical (unpaired) electrons. The molecule has 1 N–H and O–H groups in total. The molecule has 0 unspecified atom stereocenters. The molecular weight excluding hydrogens is 242 g/mol. The molecular formula is C10H13N3O3S. The van der Waals surface area contributed by atoms with Crippen LogP contribution in [0.1, 0.15) is 17.0 Å². The van der Waals surface area contributed by atoms with Crippen molar-refractivity contribution in [3.63, 3.8) is 0 Å². The SMILES string of the molecule is Cc1nc2c(S(C)(=O)=O)c(C)[nH]n2c(=O)c1C. The van der Waals surface area contributed by atoms with Gasteiger partial charge in [0.05, 0.1) is 5.69 Å². The normalized spacial score (nSPS) is 12.2. The summed E-state index contributed by atoms with van der Waals surface area (Å²) in [6, 6.07) is 0. The molecule has 0 amide bonds. The zero-order chi connectivity index (χ0) is 13.0. The summed E-state index contributed by atoms with van der Waals surface area (Å²) in [5, 5.41) is 2.73. The second kappa shape index (κ2) is 3.43. The predicted molar refractivity (Wildman–Crippen MR) is 63.1 cm³/mol. The van der Waals surface area contributed by atoms with Crippen molar-refractivity contribution in [2.24, 2.45) is 0 Å². The highest BCUT2D eigenvalue weighted by Gasteiger charge is 2.21. The highest BCUT2D eigenvalue weighted by molar-refractivity contribution is 7.91.